The molecule has 1 aliphatic rings. The lowest BCUT2D eigenvalue weighted by molar-refractivity contribution is -0.122. The molecule has 1 saturated heterocycles. The smallest absolute Gasteiger partial charge is 0.237 e. The van der Waals surface area contributed by atoms with Crippen LogP contribution in [0, 0.1) is 0 Å². The summed E-state index contributed by atoms with van der Waals surface area (Å²) in [5, 5.41) is 15.5. The number of nitrogens with one attached hydrogen (secondary N) is 2. The fourth-order valence-corrected chi connectivity index (χ4v) is 1.62. The molecule has 5 heteroatoms. The minimum absolute atomic E-state index is 0.00227. The zero-order valence-electron chi connectivity index (χ0n) is 8.62. The van der Waals surface area contributed by atoms with Gasteiger partial charge < -0.3 is 15.7 Å². The summed E-state index contributed by atoms with van der Waals surface area (Å²) in [7, 11) is 0. The predicted molar refractivity (Wildman–Crippen MR) is 58.4 cm³/mol. The lowest BCUT2D eigenvalue weighted by Gasteiger charge is -2.13. The molecule has 3 N–H and O–H groups in total. The van der Waals surface area contributed by atoms with Crippen LogP contribution in [0.3, 0.4) is 0 Å². The van der Waals surface area contributed by atoms with Crippen LogP contribution in [-0.4, -0.2) is 47.8 Å². The Morgan fingerprint density at radius 1 is 1.79 bits per heavy atom. The largest absolute Gasteiger partial charge is 0.392 e. The number of aliphatic hydroxyl groups excluding tert-OH is 1. The minimum atomic E-state index is -0.372. The second kappa shape index (κ2) is 5.58. The van der Waals surface area contributed by atoms with Crippen LogP contribution in [0.25, 0.3) is 0 Å². The van der Waals surface area contributed by atoms with E-state index in [1.807, 2.05) is 6.26 Å². The van der Waals surface area contributed by atoms with Gasteiger partial charge in [-0.25, -0.2) is 0 Å². The lowest BCUT2D eigenvalue weighted by Crippen LogP contribution is -2.42. The van der Waals surface area contributed by atoms with Gasteiger partial charge in [-0.2, -0.15) is 11.8 Å². The third-order valence-corrected chi connectivity index (χ3v) is 3.36. The van der Waals surface area contributed by atoms with Crippen molar-refractivity contribution < 1.29 is 9.90 Å². The fourth-order valence-electron chi connectivity index (χ4n) is 1.37. The number of amides is 1. The van der Waals surface area contributed by atoms with Crippen LogP contribution in [0.15, 0.2) is 0 Å². The molecule has 0 saturated carbocycles. The first kappa shape index (κ1) is 11.8. The molecule has 1 rings (SSSR count). The van der Waals surface area contributed by atoms with E-state index in [2.05, 4.69) is 17.6 Å². The summed E-state index contributed by atoms with van der Waals surface area (Å²) in [5.74, 6) is 0.00227. The first-order valence-corrected chi connectivity index (χ1v) is 6.14. The number of aliphatic hydroxyl groups is 1. The van der Waals surface area contributed by atoms with Gasteiger partial charge in [0.15, 0.2) is 0 Å². The molecule has 1 heterocycles. The first-order chi connectivity index (χ1) is 6.63. The van der Waals surface area contributed by atoms with E-state index in [1.54, 1.807) is 11.8 Å². The van der Waals surface area contributed by atoms with Crippen molar-refractivity contribution in [3.05, 3.63) is 0 Å². The second-order valence-corrected chi connectivity index (χ2v) is 4.92. The van der Waals surface area contributed by atoms with Gasteiger partial charge in [0.05, 0.1) is 12.1 Å². The van der Waals surface area contributed by atoms with Crippen LogP contribution in [0.2, 0.25) is 0 Å². The monoisotopic (exact) mass is 218 g/mol. The van der Waals surface area contributed by atoms with E-state index in [0.29, 0.717) is 24.8 Å². The van der Waals surface area contributed by atoms with Crippen LogP contribution in [-0.2, 0) is 4.79 Å². The highest BCUT2D eigenvalue weighted by atomic mass is 32.2. The molecule has 1 fully saturated rings. The van der Waals surface area contributed by atoms with Gasteiger partial charge in [0.25, 0.3) is 0 Å². The summed E-state index contributed by atoms with van der Waals surface area (Å²) in [6.45, 7) is 3.28. The summed E-state index contributed by atoms with van der Waals surface area (Å²) in [6.07, 6.45) is 2.18. The number of β-amino-alcohol motifs (C(OH)–C–C–N with tert-alkyl or cyclic N) is 1. The summed E-state index contributed by atoms with van der Waals surface area (Å²) in [5.41, 5.74) is 0. The Bertz CT molecular complexity index is 201. The molecule has 14 heavy (non-hydrogen) atoms. The second-order valence-electron chi connectivity index (χ2n) is 3.64. The van der Waals surface area contributed by atoms with Crippen LogP contribution in [0.1, 0.15) is 13.3 Å². The maximum absolute atomic E-state index is 11.5. The van der Waals surface area contributed by atoms with E-state index in [1.165, 1.54) is 0 Å². The van der Waals surface area contributed by atoms with E-state index in [9.17, 15) is 9.90 Å². The number of hydrogen-bond donors (Lipinski definition) is 3. The fraction of sp³-hybridized carbons (Fsp3) is 0.889. The summed E-state index contributed by atoms with van der Waals surface area (Å²) < 4.78 is 0. The van der Waals surface area contributed by atoms with Gasteiger partial charge in [-0.3, -0.25) is 4.79 Å². The zero-order chi connectivity index (χ0) is 10.6. The Morgan fingerprint density at radius 2 is 2.50 bits per heavy atom. The summed E-state index contributed by atoms with van der Waals surface area (Å²) >= 11 is 1.73. The number of thioether (sulfide) groups is 1. The molecule has 4 nitrogen and oxygen atoms in total. The van der Waals surface area contributed by atoms with Crippen LogP contribution >= 0.6 is 11.8 Å². The Labute approximate surface area is 88.8 Å². The van der Waals surface area contributed by atoms with Gasteiger partial charge in [-0.05, 0) is 12.7 Å². The van der Waals surface area contributed by atoms with E-state index >= 15 is 0 Å². The molecular formula is C9H18N2O2S. The van der Waals surface area contributed by atoms with Crippen molar-refractivity contribution in [2.75, 3.05) is 19.3 Å². The van der Waals surface area contributed by atoms with E-state index in [0.717, 1.165) is 0 Å². The number of rotatable bonds is 4. The number of hydrogen-bond acceptors (Lipinski definition) is 4. The third-order valence-electron chi connectivity index (χ3n) is 2.39. The Morgan fingerprint density at radius 3 is 3.00 bits per heavy atom. The third kappa shape index (κ3) is 3.48. The quantitative estimate of drug-likeness (QED) is 0.599. The van der Waals surface area contributed by atoms with Crippen molar-refractivity contribution in [3.63, 3.8) is 0 Å². The van der Waals surface area contributed by atoms with E-state index < -0.39 is 0 Å². The van der Waals surface area contributed by atoms with Gasteiger partial charge in [0.2, 0.25) is 5.91 Å². The van der Waals surface area contributed by atoms with Crippen LogP contribution in [0.5, 0.6) is 0 Å². The Hall–Kier alpha value is -0.260. The van der Waals surface area contributed by atoms with Gasteiger partial charge in [0, 0.05) is 18.3 Å². The topological polar surface area (TPSA) is 61.4 Å². The van der Waals surface area contributed by atoms with E-state index in [-0.39, 0.29) is 18.1 Å². The minimum Gasteiger partial charge on any atom is -0.392 e. The maximum Gasteiger partial charge on any atom is 0.237 e. The maximum atomic E-state index is 11.5. The van der Waals surface area contributed by atoms with E-state index in [4.69, 9.17) is 0 Å². The summed E-state index contributed by atoms with van der Waals surface area (Å²) in [4.78, 5) is 11.5. The summed E-state index contributed by atoms with van der Waals surface area (Å²) in [6, 6.07) is -0.209. The number of carbonyl (C=O) groups is 1. The molecule has 3 atom stereocenters. The van der Waals surface area contributed by atoms with Gasteiger partial charge in [-0.15, -0.1) is 0 Å². The Balaban J connectivity index is 2.22. The molecule has 82 valence electrons. The molecule has 0 bridgehead atoms. The normalized spacial score (nSPS) is 28.8. The number of carbonyl (C=O) groups excluding carboxylic acids is 1. The molecule has 0 aromatic carbocycles. The molecule has 0 spiro atoms. The van der Waals surface area contributed by atoms with Crippen molar-refractivity contribution in [2.24, 2.45) is 0 Å². The van der Waals surface area contributed by atoms with Crippen molar-refractivity contribution >= 4 is 17.7 Å². The van der Waals surface area contributed by atoms with Gasteiger partial charge in [-0.1, -0.05) is 6.92 Å². The molecule has 0 aromatic rings. The van der Waals surface area contributed by atoms with Crippen molar-refractivity contribution in [1.82, 2.24) is 10.6 Å². The highest BCUT2D eigenvalue weighted by Crippen LogP contribution is 2.07. The van der Waals surface area contributed by atoms with Gasteiger partial charge in [0.1, 0.15) is 0 Å². The van der Waals surface area contributed by atoms with Crippen molar-refractivity contribution in [1.29, 1.82) is 0 Å². The van der Waals surface area contributed by atoms with Crippen molar-refractivity contribution in [2.45, 2.75) is 30.7 Å². The average Bonchev–Trinajstić information content (AvgIpc) is 2.60. The zero-order valence-corrected chi connectivity index (χ0v) is 9.43. The molecule has 0 radical (unpaired) electrons. The molecule has 0 aromatic heterocycles. The SMILES string of the molecule is CSC(C)CNC(=O)[C@H]1C[C@H](O)CN1. The molecule has 0 aliphatic carbocycles. The van der Waals surface area contributed by atoms with Crippen molar-refractivity contribution in [3.8, 4) is 0 Å². The Kier molecular flexibility index (Phi) is 4.71. The lowest BCUT2D eigenvalue weighted by atomic mass is 10.2. The standard InChI is InChI=1S/C9H18N2O2S/c1-6(14-2)4-11-9(13)8-3-7(12)5-10-8/h6-8,10,12H,3-5H2,1-2H3,(H,11,13)/t6?,7-,8+/m0/s1. The first-order valence-electron chi connectivity index (χ1n) is 4.85. The predicted octanol–water partition coefficient (Wildman–Crippen LogP) is -0.423. The average molecular weight is 218 g/mol. The molecule has 1 aliphatic heterocycles. The van der Waals surface area contributed by atoms with Gasteiger partial charge >= 0.3 is 0 Å². The molecule has 1 amide bonds. The highest BCUT2D eigenvalue weighted by molar-refractivity contribution is 7.99. The highest BCUT2D eigenvalue weighted by Gasteiger charge is 2.27. The van der Waals surface area contributed by atoms with Crippen LogP contribution < -0.4 is 10.6 Å². The van der Waals surface area contributed by atoms with Crippen LogP contribution in [0.4, 0.5) is 0 Å². The molecule has 1 unspecified atom stereocenters. The molecular weight excluding hydrogens is 200 g/mol.